The van der Waals surface area contributed by atoms with Crippen LogP contribution < -0.4 is 10.6 Å². The molecule has 1 aliphatic heterocycles. The van der Waals surface area contributed by atoms with Crippen molar-refractivity contribution in [2.24, 2.45) is 11.8 Å². The van der Waals surface area contributed by atoms with Gasteiger partial charge in [-0.25, -0.2) is 19.7 Å². The molecule has 202 valence electrons. The topological polar surface area (TPSA) is 129 Å². The van der Waals surface area contributed by atoms with Gasteiger partial charge in [0.2, 0.25) is 0 Å². The summed E-state index contributed by atoms with van der Waals surface area (Å²) >= 11 is 0. The number of carboxylic acid groups (broad SMARTS) is 1. The number of nitrogens with one attached hydrogen (secondary N) is 3. The molecule has 1 saturated carbocycles. The molecule has 1 amide bonds. The maximum absolute atomic E-state index is 11.3. The van der Waals surface area contributed by atoms with E-state index in [1.165, 1.54) is 44.1 Å². The van der Waals surface area contributed by atoms with Crippen molar-refractivity contribution in [2.45, 2.75) is 82.7 Å². The van der Waals surface area contributed by atoms with Gasteiger partial charge in [0.1, 0.15) is 11.3 Å². The SMILES string of the molecule is C[C@@H](Nc1nc(C(=N)NC(=O)O)nc2nc3n(c12)CC1CCCC2=C1C3C(c1ccccc1)CC2)C1CCC1. The number of amides is 1. The van der Waals surface area contributed by atoms with Crippen LogP contribution in [0.4, 0.5) is 10.6 Å². The molecule has 0 spiro atoms. The largest absolute Gasteiger partial charge is 0.465 e. The molecule has 4 N–H and O–H groups in total. The number of hydrogen-bond acceptors (Lipinski definition) is 6. The second-order valence-corrected chi connectivity index (χ2v) is 11.8. The van der Waals surface area contributed by atoms with Crippen LogP contribution in [0, 0.1) is 17.2 Å². The lowest BCUT2D eigenvalue weighted by Gasteiger charge is -2.45. The highest BCUT2D eigenvalue weighted by atomic mass is 16.4. The van der Waals surface area contributed by atoms with E-state index in [1.807, 2.05) is 0 Å². The van der Waals surface area contributed by atoms with Crippen LogP contribution in [0.1, 0.15) is 87.3 Å². The number of rotatable bonds is 5. The van der Waals surface area contributed by atoms with Gasteiger partial charge in [-0.1, -0.05) is 47.9 Å². The minimum Gasteiger partial charge on any atom is -0.465 e. The summed E-state index contributed by atoms with van der Waals surface area (Å²) < 4.78 is 2.35. The molecular formula is C30H35N7O2. The highest BCUT2D eigenvalue weighted by Gasteiger charge is 2.45. The second kappa shape index (κ2) is 9.47. The van der Waals surface area contributed by atoms with Gasteiger partial charge in [0.25, 0.3) is 0 Å². The predicted molar refractivity (Wildman–Crippen MR) is 149 cm³/mol. The molecule has 3 heterocycles. The third-order valence-corrected chi connectivity index (χ3v) is 9.59. The number of allylic oxidation sites excluding steroid dienone is 2. The van der Waals surface area contributed by atoms with Gasteiger partial charge < -0.3 is 15.0 Å². The van der Waals surface area contributed by atoms with Gasteiger partial charge in [-0.2, -0.15) is 0 Å². The molecule has 4 aliphatic rings. The fourth-order valence-electron chi connectivity index (χ4n) is 7.52. The number of carbonyl (C=O) groups is 1. The Kier molecular flexibility index (Phi) is 5.90. The molecule has 4 atom stereocenters. The van der Waals surface area contributed by atoms with Crippen molar-refractivity contribution in [3.8, 4) is 0 Å². The third kappa shape index (κ3) is 4.10. The number of fused-ring (bicyclic) bond motifs is 4. The van der Waals surface area contributed by atoms with Gasteiger partial charge in [-0.05, 0) is 75.2 Å². The molecule has 0 bridgehead atoms. The molecule has 9 heteroatoms. The zero-order valence-corrected chi connectivity index (χ0v) is 22.3. The number of amidine groups is 1. The average Bonchev–Trinajstić information content (AvgIpc) is 3.27. The Bertz CT molecular complexity index is 1490. The van der Waals surface area contributed by atoms with Crippen LogP contribution in [0.3, 0.4) is 0 Å². The molecule has 1 aromatic carbocycles. The molecule has 0 saturated heterocycles. The zero-order chi connectivity index (χ0) is 26.7. The normalized spacial score (nSPS) is 24.9. The summed E-state index contributed by atoms with van der Waals surface area (Å²) in [4.78, 5) is 25.8. The van der Waals surface area contributed by atoms with E-state index < -0.39 is 6.09 Å². The fourth-order valence-corrected chi connectivity index (χ4v) is 7.52. The number of hydrogen-bond donors (Lipinski definition) is 4. The minimum absolute atomic E-state index is 0.0456. The van der Waals surface area contributed by atoms with Crippen LogP contribution in [0.2, 0.25) is 0 Å². The Morgan fingerprint density at radius 1 is 1.08 bits per heavy atom. The van der Waals surface area contributed by atoms with E-state index >= 15 is 0 Å². The quantitative estimate of drug-likeness (QED) is 0.190. The first-order valence-electron chi connectivity index (χ1n) is 14.4. The van der Waals surface area contributed by atoms with E-state index in [-0.39, 0.29) is 23.6 Å². The molecule has 3 aromatic rings. The Labute approximate surface area is 227 Å². The van der Waals surface area contributed by atoms with Gasteiger partial charge in [-0.15, -0.1) is 0 Å². The van der Waals surface area contributed by atoms with Gasteiger partial charge >= 0.3 is 6.09 Å². The van der Waals surface area contributed by atoms with E-state index in [2.05, 4.69) is 57.4 Å². The second-order valence-electron chi connectivity index (χ2n) is 11.8. The fraction of sp³-hybridized carbons (Fsp3) is 0.500. The summed E-state index contributed by atoms with van der Waals surface area (Å²) in [7, 11) is 0. The smallest absolute Gasteiger partial charge is 0.410 e. The van der Waals surface area contributed by atoms with Crippen LogP contribution in [-0.2, 0) is 6.54 Å². The number of aromatic nitrogens is 4. The summed E-state index contributed by atoms with van der Waals surface area (Å²) in [6, 6.07) is 11.1. The van der Waals surface area contributed by atoms with Crippen LogP contribution in [0.25, 0.3) is 11.2 Å². The first kappa shape index (κ1) is 24.3. The predicted octanol–water partition coefficient (Wildman–Crippen LogP) is 5.79. The summed E-state index contributed by atoms with van der Waals surface area (Å²) in [6.45, 7) is 3.05. The number of nitrogens with zero attached hydrogens (tertiary/aromatic N) is 4. The number of anilines is 1. The number of imidazole rings is 1. The van der Waals surface area contributed by atoms with Crippen molar-refractivity contribution < 1.29 is 9.90 Å². The molecule has 9 nitrogen and oxygen atoms in total. The summed E-state index contributed by atoms with van der Waals surface area (Å²) in [5, 5.41) is 23.3. The molecule has 7 rings (SSSR count). The summed E-state index contributed by atoms with van der Waals surface area (Å²) in [6.07, 6.45) is 8.20. The molecule has 0 radical (unpaired) electrons. The number of benzene rings is 1. The van der Waals surface area contributed by atoms with Crippen molar-refractivity contribution in [1.82, 2.24) is 24.8 Å². The van der Waals surface area contributed by atoms with Crippen molar-refractivity contribution >= 4 is 28.9 Å². The van der Waals surface area contributed by atoms with Crippen LogP contribution >= 0.6 is 0 Å². The maximum atomic E-state index is 11.3. The monoisotopic (exact) mass is 525 g/mol. The Balaban J connectivity index is 1.41. The Hall–Kier alpha value is -3.75. The first-order chi connectivity index (χ1) is 19.0. The van der Waals surface area contributed by atoms with Crippen LogP contribution in [-0.4, -0.2) is 42.6 Å². The third-order valence-electron chi connectivity index (χ3n) is 9.59. The van der Waals surface area contributed by atoms with Gasteiger partial charge in [0.05, 0.1) is 0 Å². The zero-order valence-electron chi connectivity index (χ0n) is 22.3. The lowest BCUT2D eigenvalue weighted by atomic mass is 9.63. The van der Waals surface area contributed by atoms with E-state index in [1.54, 1.807) is 11.1 Å². The summed E-state index contributed by atoms with van der Waals surface area (Å²) in [5.41, 5.74) is 6.02. The van der Waals surface area contributed by atoms with Crippen molar-refractivity contribution in [3.05, 3.63) is 58.7 Å². The lowest BCUT2D eigenvalue weighted by Crippen LogP contribution is -2.36. The molecular weight excluding hydrogens is 490 g/mol. The van der Waals surface area contributed by atoms with Gasteiger partial charge in [-0.3, -0.25) is 10.7 Å². The molecule has 1 fully saturated rings. The van der Waals surface area contributed by atoms with E-state index in [4.69, 9.17) is 15.4 Å². The Morgan fingerprint density at radius 3 is 2.64 bits per heavy atom. The molecule has 3 unspecified atom stereocenters. The highest BCUT2D eigenvalue weighted by molar-refractivity contribution is 6.03. The van der Waals surface area contributed by atoms with E-state index in [0.717, 1.165) is 30.7 Å². The van der Waals surface area contributed by atoms with Crippen molar-refractivity contribution in [3.63, 3.8) is 0 Å². The van der Waals surface area contributed by atoms with Crippen LogP contribution in [0.15, 0.2) is 41.5 Å². The summed E-state index contributed by atoms with van der Waals surface area (Å²) in [5.74, 6) is 3.01. The molecule has 39 heavy (non-hydrogen) atoms. The lowest BCUT2D eigenvalue weighted by molar-refractivity contribution is 0.200. The van der Waals surface area contributed by atoms with E-state index in [9.17, 15) is 9.90 Å². The average molecular weight is 526 g/mol. The molecule has 2 aromatic heterocycles. The Morgan fingerprint density at radius 2 is 1.90 bits per heavy atom. The van der Waals surface area contributed by atoms with Gasteiger partial charge in [0, 0.05) is 18.5 Å². The first-order valence-corrected chi connectivity index (χ1v) is 14.4. The van der Waals surface area contributed by atoms with Crippen molar-refractivity contribution in [1.29, 1.82) is 5.41 Å². The highest BCUT2D eigenvalue weighted by Crippen LogP contribution is 2.55. The minimum atomic E-state index is -1.30. The standard InChI is InChI=1S/C30H35N7O2/c1-16(17-9-5-10-17)32-26-24-27(35-28(34-26)25(31)33-30(38)39)36-29-23-21(18-7-3-2-4-8-18)14-13-19-11-6-12-20(22(19)23)15-37(24)29/h2-4,7-8,16-17,20-21,23H,5-6,9-15H2,1H3,(H2,31,33)(H,38,39)(H,32,34,35)/t16-,20?,21?,23?/m1/s1. The molecule has 3 aliphatic carbocycles. The maximum Gasteiger partial charge on any atom is 0.410 e. The van der Waals surface area contributed by atoms with Crippen LogP contribution in [0.5, 0.6) is 0 Å². The van der Waals surface area contributed by atoms with Crippen molar-refractivity contribution in [2.75, 3.05) is 5.32 Å². The van der Waals surface area contributed by atoms with Gasteiger partial charge in [0.15, 0.2) is 23.1 Å². The van der Waals surface area contributed by atoms with E-state index in [0.29, 0.717) is 29.2 Å².